The van der Waals surface area contributed by atoms with E-state index in [4.69, 9.17) is 33.7 Å². The van der Waals surface area contributed by atoms with Crippen LogP contribution in [-0.2, 0) is 6.18 Å². The van der Waals surface area contributed by atoms with Crippen molar-refractivity contribution in [2.75, 3.05) is 12.8 Å². The van der Waals surface area contributed by atoms with E-state index in [1.807, 2.05) is 0 Å². The highest BCUT2D eigenvalue weighted by molar-refractivity contribution is 6.36. The van der Waals surface area contributed by atoms with E-state index in [9.17, 15) is 13.2 Å². The zero-order chi connectivity index (χ0) is 15.8. The van der Waals surface area contributed by atoms with Crippen molar-refractivity contribution in [3.05, 3.63) is 45.9 Å². The van der Waals surface area contributed by atoms with Gasteiger partial charge in [0.05, 0.1) is 22.7 Å². The average molecular weight is 336 g/mol. The van der Waals surface area contributed by atoms with Gasteiger partial charge in [0.2, 0.25) is 0 Å². The van der Waals surface area contributed by atoms with E-state index in [-0.39, 0.29) is 15.7 Å². The number of alkyl halides is 3. The molecule has 0 aliphatic rings. The summed E-state index contributed by atoms with van der Waals surface area (Å²) in [5, 5.41) is 0.568. The highest BCUT2D eigenvalue weighted by Crippen LogP contribution is 2.40. The number of nitrogens with two attached hydrogens (primary N) is 1. The Labute approximate surface area is 129 Å². The summed E-state index contributed by atoms with van der Waals surface area (Å²) in [7, 11) is 1.43. The van der Waals surface area contributed by atoms with Gasteiger partial charge in [-0.25, -0.2) is 0 Å². The van der Waals surface area contributed by atoms with Crippen LogP contribution in [0.2, 0.25) is 10.0 Å². The van der Waals surface area contributed by atoms with Crippen LogP contribution in [0.15, 0.2) is 30.3 Å². The molecule has 0 aromatic heterocycles. The molecule has 2 rings (SSSR count). The minimum absolute atomic E-state index is 0.0343. The smallest absolute Gasteiger partial charge is 0.416 e. The van der Waals surface area contributed by atoms with Crippen LogP contribution in [0.4, 0.5) is 18.9 Å². The molecule has 0 amide bonds. The predicted molar refractivity (Wildman–Crippen MR) is 77.9 cm³/mol. The SMILES string of the molecule is COc1cc(Cl)c(-c2ccc(C(F)(F)F)cc2N)cc1Cl. The van der Waals surface area contributed by atoms with Crippen molar-refractivity contribution in [2.45, 2.75) is 6.18 Å². The molecule has 112 valence electrons. The van der Waals surface area contributed by atoms with Crippen molar-refractivity contribution in [3.63, 3.8) is 0 Å². The maximum Gasteiger partial charge on any atom is 0.416 e. The second-order valence-electron chi connectivity index (χ2n) is 4.27. The Kier molecular flexibility index (Phi) is 4.25. The Morgan fingerprint density at radius 2 is 1.67 bits per heavy atom. The number of benzene rings is 2. The van der Waals surface area contributed by atoms with Crippen molar-refractivity contribution >= 4 is 28.9 Å². The Bertz CT molecular complexity index is 687. The lowest BCUT2D eigenvalue weighted by molar-refractivity contribution is -0.137. The monoisotopic (exact) mass is 335 g/mol. The maximum atomic E-state index is 12.6. The van der Waals surface area contributed by atoms with Gasteiger partial charge >= 0.3 is 6.18 Å². The van der Waals surface area contributed by atoms with Crippen LogP contribution in [0.3, 0.4) is 0 Å². The molecule has 0 bridgehead atoms. The average Bonchev–Trinajstić information content (AvgIpc) is 2.40. The molecule has 0 atom stereocenters. The van der Waals surface area contributed by atoms with Crippen LogP contribution >= 0.6 is 23.2 Å². The number of halogens is 5. The molecule has 7 heteroatoms. The normalized spacial score (nSPS) is 11.5. The van der Waals surface area contributed by atoms with Gasteiger partial charge in [0, 0.05) is 22.9 Å². The van der Waals surface area contributed by atoms with E-state index < -0.39 is 11.7 Å². The third kappa shape index (κ3) is 3.19. The van der Waals surface area contributed by atoms with Crippen LogP contribution in [-0.4, -0.2) is 7.11 Å². The van der Waals surface area contributed by atoms with Crippen molar-refractivity contribution in [1.82, 2.24) is 0 Å². The molecule has 0 unspecified atom stereocenters. The molecule has 21 heavy (non-hydrogen) atoms. The standard InChI is InChI=1S/C14H10Cl2F3NO/c1-21-13-6-10(15)9(5-11(13)16)8-3-2-7(4-12(8)20)14(17,18)19/h2-6H,20H2,1H3. The van der Waals surface area contributed by atoms with Crippen molar-refractivity contribution < 1.29 is 17.9 Å². The number of hydrogen-bond acceptors (Lipinski definition) is 2. The van der Waals surface area contributed by atoms with Crippen LogP contribution < -0.4 is 10.5 Å². The first-order chi connectivity index (χ1) is 9.74. The molecule has 0 saturated heterocycles. The minimum Gasteiger partial charge on any atom is -0.495 e. The van der Waals surface area contributed by atoms with Crippen molar-refractivity contribution in [3.8, 4) is 16.9 Å². The maximum absolute atomic E-state index is 12.6. The third-order valence-electron chi connectivity index (χ3n) is 2.91. The molecule has 2 aromatic carbocycles. The van der Waals surface area contributed by atoms with Gasteiger partial charge in [-0.15, -0.1) is 0 Å². The molecule has 2 aromatic rings. The fourth-order valence-electron chi connectivity index (χ4n) is 1.88. The number of hydrogen-bond donors (Lipinski definition) is 1. The number of anilines is 1. The molecule has 0 aliphatic carbocycles. The van der Waals surface area contributed by atoms with E-state index in [0.717, 1.165) is 12.1 Å². The lowest BCUT2D eigenvalue weighted by Crippen LogP contribution is -2.06. The molecule has 0 aliphatic heterocycles. The Hall–Kier alpha value is -1.59. The second-order valence-corrected chi connectivity index (χ2v) is 5.08. The Morgan fingerprint density at radius 1 is 1.00 bits per heavy atom. The highest BCUT2D eigenvalue weighted by Gasteiger charge is 2.31. The summed E-state index contributed by atoms with van der Waals surface area (Å²) >= 11 is 12.1. The molecular weight excluding hydrogens is 326 g/mol. The fraction of sp³-hybridized carbons (Fsp3) is 0.143. The minimum atomic E-state index is -4.45. The van der Waals surface area contributed by atoms with Crippen LogP contribution in [0.5, 0.6) is 5.75 Å². The molecule has 2 nitrogen and oxygen atoms in total. The van der Waals surface area contributed by atoms with Crippen LogP contribution in [0.25, 0.3) is 11.1 Å². The summed E-state index contributed by atoms with van der Waals surface area (Å²) < 4.78 is 42.9. The van der Waals surface area contributed by atoms with E-state index in [2.05, 4.69) is 0 Å². The van der Waals surface area contributed by atoms with Gasteiger partial charge in [-0.1, -0.05) is 29.3 Å². The zero-order valence-corrected chi connectivity index (χ0v) is 12.3. The van der Waals surface area contributed by atoms with Gasteiger partial charge in [0.1, 0.15) is 5.75 Å². The zero-order valence-electron chi connectivity index (χ0n) is 10.8. The van der Waals surface area contributed by atoms with Crippen molar-refractivity contribution in [2.24, 2.45) is 0 Å². The quantitative estimate of drug-likeness (QED) is 0.758. The molecule has 0 spiro atoms. The number of ether oxygens (including phenoxy) is 1. The highest BCUT2D eigenvalue weighted by atomic mass is 35.5. The lowest BCUT2D eigenvalue weighted by Gasteiger charge is -2.13. The van der Waals surface area contributed by atoms with Crippen LogP contribution in [0.1, 0.15) is 5.56 Å². The first-order valence-electron chi connectivity index (χ1n) is 5.74. The van der Waals surface area contributed by atoms with Gasteiger partial charge in [0.15, 0.2) is 0 Å². The van der Waals surface area contributed by atoms with Gasteiger partial charge in [-0.2, -0.15) is 13.2 Å². The van der Waals surface area contributed by atoms with E-state index >= 15 is 0 Å². The van der Waals surface area contributed by atoms with E-state index in [0.29, 0.717) is 16.9 Å². The van der Waals surface area contributed by atoms with Crippen LogP contribution in [0, 0.1) is 0 Å². The summed E-state index contributed by atoms with van der Waals surface area (Å²) in [4.78, 5) is 0. The molecule has 0 saturated carbocycles. The topological polar surface area (TPSA) is 35.2 Å². The Balaban J connectivity index is 2.55. The third-order valence-corrected chi connectivity index (χ3v) is 3.52. The van der Waals surface area contributed by atoms with Crippen molar-refractivity contribution in [1.29, 1.82) is 0 Å². The molecule has 0 fully saturated rings. The predicted octanol–water partition coefficient (Wildman–Crippen LogP) is 5.27. The molecule has 0 radical (unpaired) electrons. The van der Waals surface area contributed by atoms with Gasteiger partial charge in [-0.05, 0) is 18.2 Å². The van der Waals surface area contributed by atoms with Gasteiger partial charge in [0.25, 0.3) is 0 Å². The summed E-state index contributed by atoms with van der Waals surface area (Å²) in [6.45, 7) is 0. The summed E-state index contributed by atoms with van der Waals surface area (Å²) in [5.74, 6) is 0.371. The molecular formula is C14H10Cl2F3NO. The fourth-order valence-corrected chi connectivity index (χ4v) is 2.37. The van der Waals surface area contributed by atoms with E-state index in [1.165, 1.54) is 25.3 Å². The molecule has 2 N–H and O–H groups in total. The first kappa shape index (κ1) is 15.8. The van der Waals surface area contributed by atoms with Gasteiger partial charge in [-0.3, -0.25) is 0 Å². The first-order valence-corrected chi connectivity index (χ1v) is 6.49. The molecule has 0 heterocycles. The summed E-state index contributed by atoms with van der Waals surface area (Å²) in [6.07, 6.45) is -4.45. The summed E-state index contributed by atoms with van der Waals surface area (Å²) in [5.41, 5.74) is 5.66. The number of methoxy groups -OCH3 is 1. The summed E-state index contributed by atoms with van der Waals surface area (Å²) in [6, 6.07) is 6.06. The number of rotatable bonds is 2. The number of nitrogen functional groups attached to an aromatic ring is 1. The van der Waals surface area contributed by atoms with E-state index in [1.54, 1.807) is 0 Å². The Morgan fingerprint density at radius 3 is 2.19 bits per heavy atom. The van der Waals surface area contributed by atoms with Gasteiger partial charge < -0.3 is 10.5 Å². The second kappa shape index (κ2) is 5.66. The largest absolute Gasteiger partial charge is 0.495 e. The lowest BCUT2D eigenvalue weighted by atomic mass is 10.0.